The Balaban J connectivity index is 5.51. The highest BCUT2D eigenvalue weighted by Gasteiger charge is 2.34. The van der Waals surface area contributed by atoms with Gasteiger partial charge in [0.1, 0.15) is 24.2 Å². The molecule has 0 aromatic rings. The van der Waals surface area contributed by atoms with Crippen LogP contribution in [0.5, 0.6) is 0 Å². The van der Waals surface area contributed by atoms with Crippen LogP contribution < -0.4 is 32.3 Å². The van der Waals surface area contributed by atoms with Crippen LogP contribution in [0.3, 0.4) is 0 Å². The van der Waals surface area contributed by atoms with Gasteiger partial charge in [0, 0.05) is 6.92 Å². The first kappa shape index (κ1) is 33.2. The fourth-order valence-electron chi connectivity index (χ4n) is 2.82. The number of aliphatic hydroxyl groups excluding tert-OH is 3. The zero-order valence-electron chi connectivity index (χ0n) is 20.7. The Hall–Kier alpha value is -3.83. The lowest BCUT2D eigenvalue weighted by Gasteiger charge is -2.27. The maximum Gasteiger partial charge on any atom is 0.328 e. The molecule has 210 valence electrons. The number of hydrogen-bond acceptors (Lipinski definition) is 10. The summed E-state index contributed by atoms with van der Waals surface area (Å²) < 4.78 is 0. The van der Waals surface area contributed by atoms with Gasteiger partial charge in [-0.15, -0.1) is 0 Å². The maximum atomic E-state index is 12.7. The summed E-state index contributed by atoms with van der Waals surface area (Å²) in [4.78, 5) is 83.6. The van der Waals surface area contributed by atoms with E-state index in [1.165, 1.54) is 6.92 Å². The van der Waals surface area contributed by atoms with E-state index in [0.717, 1.165) is 20.8 Å². The topological polar surface area (TPSA) is 287 Å². The molecule has 17 nitrogen and oxygen atoms in total. The summed E-state index contributed by atoms with van der Waals surface area (Å²) in [5, 5.41) is 48.4. The molecule has 0 aromatic carbocycles. The molecule has 11 N–H and O–H groups in total. The van der Waals surface area contributed by atoms with Crippen molar-refractivity contribution in [1.82, 2.24) is 26.6 Å². The predicted molar refractivity (Wildman–Crippen MR) is 123 cm³/mol. The average molecular weight is 535 g/mol. The lowest BCUT2D eigenvalue weighted by Crippen LogP contribution is -2.61. The van der Waals surface area contributed by atoms with Crippen molar-refractivity contribution in [3.05, 3.63) is 0 Å². The zero-order chi connectivity index (χ0) is 29.0. The molecule has 0 radical (unpaired) electrons. The minimum atomic E-state index is -1.78. The normalized spacial score (nSPS) is 16.4. The molecule has 0 saturated carbocycles. The van der Waals surface area contributed by atoms with E-state index < -0.39 is 96.9 Å². The molecule has 0 aliphatic rings. The lowest BCUT2D eigenvalue weighted by atomic mass is 10.1. The summed E-state index contributed by atoms with van der Waals surface area (Å²) in [6.07, 6.45) is -3.89. The van der Waals surface area contributed by atoms with Gasteiger partial charge in [-0.25, -0.2) is 4.79 Å². The van der Waals surface area contributed by atoms with Gasteiger partial charge in [-0.05, 0) is 20.8 Å². The Morgan fingerprint density at radius 2 is 1.19 bits per heavy atom. The summed E-state index contributed by atoms with van der Waals surface area (Å²) in [7, 11) is 0. The maximum absolute atomic E-state index is 12.7. The van der Waals surface area contributed by atoms with Gasteiger partial charge in [-0.2, -0.15) is 0 Å². The number of aliphatic carboxylic acids is 1. The quantitative estimate of drug-likeness (QED) is 0.0943. The second kappa shape index (κ2) is 15.3. The number of amides is 6. The number of rotatable bonds is 15. The highest BCUT2D eigenvalue weighted by molar-refractivity contribution is 5.97. The minimum Gasteiger partial charge on any atom is -0.480 e. The van der Waals surface area contributed by atoms with Crippen LogP contribution in [-0.4, -0.2) is 111 Å². The van der Waals surface area contributed by atoms with E-state index in [1.807, 2.05) is 5.32 Å². The first-order valence-electron chi connectivity index (χ1n) is 11.0. The highest BCUT2D eigenvalue weighted by Crippen LogP contribution is 2.02. The third-order valence-corrected chi connectivity index (χ3v) is 4.78. The Bertz CT molecular complexity index is 879. The summed E-state index contributed by atoms with van der Waals surface area (Å²) in [6, 6.07) is -7.91. The number of carbonyl (C=O) groups excluding carboxylic acids is 6. The summed E-state index contributed by atoms with van der Waals surface area (Å²) >= 11 is 0. The van der Waals surface area contributed by atoms with Crippen molar-refractivity contribution in [2.24, 2.45) is 5.73 Å². The SMILES string of the molecule is CC(=O)N[C@@H](CO)C(=O)N[C@@H](C)C(=O)N[C@H](C(=O)N[C@@H](CC(N)=O)C(=O)N[C@H](C(=O)O)[C@@H](C)O)[C@@H](C)O. The van der Waals surface area contributed by atoms with Crippen molar-refractivity contribution in [1.29, 1.82) is 0 Å². The van der Waals surface area contributed by atoms with E-state index in [2.05, 4.69) is 21.3 Å². The van der Waals surface area contributed by atoms with Crippen LogP contribution in [-0.2, 0) is 33.6 Å². The molecule has 0 aliphatic carbocycles. The van der Waals surface area contributed by atoms with Crippen LogP contribution in [0.15, 0.2) is 0 Å². The van der Waals surface area contributed by atoms with Crippen LogP contribution in [0.4, 0.5) is 0 Å². The molecule has 0 spiro atoms. The van der Waals surface area contributed by atoms with Gasteiger partial charge in [-0.1, -0.05) is 0 Å². The first-order chi connectivity index (χ1) is 17.0. The van der Waals surface area contributed by atoms with E-state index in [0.29, 0.717) is 0 Å². The van der Waals surface area contributed by atoms with E-state index in [-0.39, 0.29) is 0 Å². The van der Waals surface area contributed by atoms with Crippen molar-refractivity contribution in [3.63, 3.8) is 0 Å². The van der Waals surface area contributed by atoms with Crippen LogP contribution in [0, 0.1) is 0 Å². The Morgan fingerprint density at radius 1 is 0.703 bits per heavy atom. The van der Waals surface area contributed by atoms with Gasteiger partial charge in [0.05, 0.1) is 25.2 Å². The molecule has 6 amide bonds. The van der Waals surface area contributed by atoms with Crippen molar-refractivity contribution in [2.75, 3.05) is 6.61 Å². The Labute approximate surface area is 211 Å². The van der Waals surface area contributed by atoms with Crippen LogP contribution >= 0.6 is 0 Å². The summed E-state index contributed by atoms with van der Waals surface area (Å²) in [5.41, 5.74) is 5.09. The first-order valence-corrected chi connectivity index (χ1v) is 11.0. The average Bonchev–Trinajstić information content (AvgIpc) is 2.76. The Morgan fingerprint density at radius 3 is 1.59 bits per heavy atom. The lowest BCUT2D eigenvalue weighted by molar-refractivity contribution is -0.145. The van der Waals surface area contributed by atoms with E-state index in [4.69, 9.17) is 10.8 Å². The summed E-state index contributed by atoms with van der Waals surface area (Å²) in [5.74, 6) is -7.53. The number of carboxylic acids is 1. The predicted octanol–water partition coefficient (Wildman–Crippen LogP) is -5.84. The number of nitrogens with one attached hydrogen (secondary N) is 5. The molecule has 17 heteroatoms. The molecular formula is C20H34N6O11. The monoisotopic (exact) mass is 534 g/mol. The van der Waals surface area contributed by atoms with Crippen molar-refractivity contribution < 1.29 is 54.0 Å². The molecule has 0 bridgehead atoms. The largest absolute Gasteiger partial charge is 0.480 e. The molecule has 0 unspecified atom stereocenters. The number of primary amides is 1. The summed E-state index contributed by atoms with van der Waals surface area (Å²) in [6.45, 7) is 3.75. The standard InChI is InChI=1S/C20H34N6O11/c1-7(22-18(34)12(6-27)23-10(4)30)16(32)25-14(8(2)28)19(35)24-11(5-13(21)31)17(33)26-15(9(3)29)20(36)37/h7-9,11-12,14-15,27-29H,5-6H2,1-4H3,(H2,21,31)(H,22,34)(H,23,30)(H,24,35)(H,25,32)(H,26,33)(H,36,37)/t7-,8+,9+,11-,12-,14-,15-/m0/s1. The van der Waals surface area contributed by atoms with Gasteiger partial charge in [0.25, 0.3) is 0 Å². The Kier molecular flexibility index (Phi) is 13.7. The molecule has 0 aliphatic heterocycles. The molecule has 7 atom stereocenters. The van der Waals surface area contributed by atoms with Crippen LogP contribution in [0.2, 0.25) is 0 Å². The van der Waals surface area contributed by atoms with E-state index in [9.17, 15) is 48.9 Å². The third kappa shape index (κ3) is 11.6. The third-order valence-electron chi connectivity index (χ3n) is 4.78. The van der Waals surface area contributed by atoms with Gasteiger partial charge >= 0.3 is 5.97 Å². The highest BCUT2D eigenvalue weighted by atomic mass is 16.4. The number of aliphatic hydroxyl groups is 3. The minimum absolute atomic E-state index is 0.616. The van der Waals surface area contributed by atoms with Crippen LogP contribution in [0.25, 0.3) is 0 Å². The molecule has 0 rings (SSSR count). The van der Waals surface area contributed by atoms with Crippen LogP contribution in [0.1, 0.15) is 34.1 Å². The van der Waals surface area contributed by atoms with E-state index in [1.54, 1.807) is 0 Å². The number of hydrogen-bond donors (Lipinski definition) is 10. The number of nitrogens with two attached hydrogens (primary N) is 1. The van der Waals surface area contributed by atoms with Gasteiger partial charge in [0.2, 0.25) is 35.4 Å². The van der Waals surface area contributed by atoms with Gasteiger partial charge in [0.15, 0.2) is 6.04 Å². The van der Waals surface area contributed by atoms with Gasteiger partial charge in [-0.3, -0.25) is 28.8 Å². The van der Waals surface area contributed by atoms with Crippen molar-refractivity contribution >= 4 is 41.4 Å². The molecule has 0 saturated heterocycles. The second-order valence-corrected chi connectivity index (χ2v) is 8.19. The second-order valence-electron chi connectivity index (χ2n) is 8.19. The molecular weight excluding hydrogens is 500 g/mol. The number of carboxylic acid groups (broad SMARTS) is 1. The molecule has 37 heavy (non-hydrogen) atoms. The molecule has 0 aromatic heterocycles. The van der Waals surface area contributed by atoms with Crippen molar-refractivity contribution in [3.8, 4) is 0 Å². The fourth-order valence-corrected chi connectivity index (χ4v) is 2.82. The molecule has 0 heterocycles. The van der Waals surface area contributed by atoms with Crippen molar-refractivity contribution in [2.45, 2.75) is 76.5 Å². The number of carbonyl (C=O) groups is 7. The fraction of sp³-hybridized carbons (Fsp3) is 0.650. The smallest absolute Gasteiger partial charge is 0.328 e. The van der Waals surface area contributed by atoms with Gasteiger partial charge < -0.3 is 52.7 Å². The zero-order valence-corrected chi connectivity index (χ0v) is 20.7. The molecule has 0 fully saturated rings. The van der Waals surface area contributed by atoms with E-state index >= 15 is 0 Å².